The van der Waals surface area contributed by atoms with Crippen LogP contribution in [0.25, 0.3) is 22.5 Å². The Labute approximate surface area is 119 Å². The zero-order valence-electron chi connectivity index (χ0n) is 12.1. The molecule has 0 atom stereocenters. The van der Waals surface area contributed by atoms with Gasteiger partial charge in [0.15, 0.2) is 0 Å². The van der Waals surface area contributed by atoms with Gasteiger partial charge in [-0.1, -0.05) is 42.5 Å². The molecule has 0 unspecified atom stereocenters. The van der Waals surface area contributed by atoms with E-state index >= 15 is 0 Å². The summed E-state index contributed by atoms with van der Waals surface area (Å²) in [6.07, 6.45) is 3.81. The quantitative estimate of drug-likeness (QED) is 0.670. The molecule has 0 spiro atoms. The van der Waals surface area contributed by atoms with Crippen molar-refractivity contribution in [1.29, 1.82) is 0 Å². The normalized spacial score (nSPS) is 10.8. The molecule has 1 heterocycles. The summed E-state index contributed by atoms with van der Waals surface area (Å²) < 4.78 is 2.05. The molecule has 0 aliphatic rings. The van der Waals surface area contributed by atoms with E-state index in [1.807, 2.05) is 19.4 Å². The number of hydrogen-bond donors (Lipinski definition) is 0. The van der Waals surface area contributed by atoms with Crippen molar-refractivity contribution < 1.29 is 0 Å². The molecule has 100 valence electrons. The van der Waals surface area contributed by atoms with E-state index in [9.17, 15) is 0 Å². The molecule has 0 saturated carbocycles. The van der Waals surface area contributed by atoms with Crippen LogP contribution in [0.15, 0.2) is 54.9 Å². The second-order valence-electron chi connectivity index (χ2n) is 5.21. The number of imidazole rings is 1. The molecule has 0 aliphatic carbocycles. The van der Waals surface area contributed by atoms with Gasteiger partial charge in [-0.05, 0) is 36.1 Å². The van der Waals surface area contributed by atoms with E-state index in [1.165, 1.54) is 27.8 Å². The number of aryl methyl sites for hydroxylation is 3. The maximum absolute atomic E-state index is 4.43. The fourth-order valence-corrected chi connectivity index (χ4v) is 2.60. The summed E-state index contributed by atoms with van der Waals surface area (Å²) in [5.41, 5.74) is 6.30. The molecule has 0 amide bonds. The second kappa shape index (κ2) is 4.97. The second-order valence-corrected chi connectivity index (χ2v) is 5.21. The van der Waals surface area contributed by atoms with Gasteiger partial charge in [0.25, 0.3) is 0 Å². The standard InChI is InChI=1S/C18H18N2/c1-13-6-4-5-7-16(13)15-8-9-17(14(2)12-15)18-19-10-11-20(18)3/h4-12H,1-3H3. The first-order valence-corrected chi connectivity index (χ1v) is 6.81. The van der Waals surface area contributed by atoms with Gasteiger partial charge in [-0.3, -0.25) is 0 Å². The van der Waals surface area contributed by atoms with Gasteiger partial charge >= 0.3 is 0 Å². The predicted molar refractivity (Wildman–Crippen MR) is 83.6 cm³/mol. The van der Waals surface area contributed by atoms with Crippen LogP contribution in [0.5, 0.6) is 0 Å². The molecule has 0 N–H and O–H groups in total. The summed E-state index contributed by atoms with van der Waals surface area (Å²) in [7, 11) is 2.02. The zero-order valence-corrected chi connectivity index (χ0v) is 12.1. The Morgan fingerprint density at radius 1 is 0.900 bits per heavy atom. The Hall–Kier alpha value is -2.35. The largest absolute Gasteiger partial charge is 0.334 e. The predicted octanol–water partition coefficient (Wildman–Crippen LogP) is 4.37. The van der Waals surface area contributed by atoms with Gasteiger partial charge in [0.1, 0.15) is 5.82 Å². The first-order valence-electron chi connectivity index (χ1n) is 6.81. The van der Waals surface area contributed by atoms with Crippen molar-refractivity contribution in [2.24, 2.45) is 7.05 Å². The molecule has 3 aromatic rings. The molecule has 2 heteroatoms. The Bertz CT molecular complexity index is 754. The molecule has 3 rings (SSSR count). The number of nitrogens with zero attached hydrogens (tertiary/aromatic N) is 2. The van der Waals surface area contributed by atoms with E-state index in [0.717, 1.165) is 5.82 Å². The monoisotopic (exact) mass is 262 g/mol. The van der Waals surface area contributed by atoms with Crippen molar-refractivity contribution in [3.63, 3.8) is 0 Å². The molecule has 0 fully saturated rings. The third kappa shape index (κ3) is 2.14. The SMILES string of the molecule is Cc1ccccc1-c1ccc(-c2nccn2C)c(C)c1. The average Bonchev–Trinajstić information content (AvgIpc) is 2.85. The van der Waals surface area contributed by atoms with Gasteiger partial charge in [-0.2, -0.15) is 0 Å². The molecule has 1 aromatic heterocycles. The Balaban J connectivity index is 2.09. The Morgan fingerprint density at radius 3 is 2.35 bits per heavy atom. The van der Waals surface area contributed by atoms with E-state index in [1.54, 1.807) is 0 Å². The van der Waals surface area contributed by atoms with Crippen LogP contribution in [0.2, 0.25) is 0 Å². The van der Waals surface area contributed by atoms with Crippen LogP contribution in [0.3, 0.4) is 0 Å². The molecular weight excluding hydrogens is 244 g/mol. The van der Waals surface area contributed by atoms with Crippen molar-refractivity contribution in [3.8, 4) is 22.5 Å². The van der Waals surface area contributed by atoms with E-state index in [0.29, 0.717) is 0 Å². The first kappa shape index (κ1) is 12.7. The first-order chi connectivity index (χ1) is 9.66. The van der Waals surface area contributed by atoms with Crippen molar-refractivity contribution in [2.75, 3.05) is 0 Å². The highest BCUT2D eigenvalue weighted by molar-refractivity contribution is 5.72. The van der Waals surface area contributed by atoms with Gasteiger partial charge in [-0.25, -0.2) is 4.98 Å². The summed E-state index contributed by atoms with van der Waals surface area (Å²) in [5.74, 6) is 1.01. The van der Waals surface area contributed by atoms with Gasteiger partial charge in [0.2, 0.25) is 0 Å². The minimum Gasteiger partial charge on any atom is -0.334 e. The third-order valence-electron chi connectivity index (χ3n) is 3.74. The van der Waals surface area contributed by atoms with Crippen molar-refractivity contribution in [1.82, 2.24) is 9.55 Å². The smallest absolute Gasteiger partial charge is 0.139 e. The summed E-state index contributed by atoms with van der Waals surface area (Å²) in [4.78, 5) is 4.43. The molecule has 2 aromatic carbocycles. The fourth-order valence-electron chi connectivity index (χ4n) is 2.60. The van der Waals surface area contributed by atoms with Gasteiger partial charge in [-0.15, -0.1) is 0 Å². The van der Waals surface area contributed by atoms with Crippen molar-refractivity contribution >= 4 is 0 Å². The lowest BCUT2D eigenvalue weighted by Gasteiger charge is -2.10. The molecule has 0 radical (unpaired) electrons. The summed E-state index contributed by atoms with van der Waals surface area (Å²) in [5, 5.41) is 0. The van der Waals surface area contributed by atoms with Crippen LogP contribution in [-0.4, -0.2) is 9.55 Å². The van der Waals surface area contributed by atoms with Crippen LogP contribution in [-0.2, 0) is 7.05 Å². The van der Waals surface area contributed by atoms with Crippen LogP contribution in [0, 0.1) is 13.8 Å². The summed E-state index contributed by atoms with van der Waals surface area (Å²) in [6, 6.07) is 15.1. The minimum absolute atomic E-state index is 1.01. The highest BCUT2D eigenvalue weighted by atomic mass is 15.0. The lowest BCUT2D eigenvalue weighted by Crippen LogP contribution is -1.94. The lowest BCUT2D eigenvalue weighted by molar-refractivity contribution is 0.923. The molecule has 20 heavy (non-hydrogen) atoms. The maximum Gasteiger partial charge on any atom is 0.139 e. The van der Waals surface area contributed by atoms with Crippen LogP contribution in [0.1, 0.15) is 11.1 Å². The minimum atomic E-state index is 1.01. The van der Waals surface area contributed by atoms with Crippen LogP contribution in [0.4, 0.5) is 0 Å². The van der Waals surface area contributed by atoms with Crippen LogP contribution < -0.4 is 0 Å². The highest BCUT2D eigenvalue weighted by Crippen LogP contribution is 2.29. The van der Waals surface area contributed by atoms with E-state index in [-0.39, 0.29) is 0 Å². The summed E-state index contributed by atoms with van der Waals surface area (Å²) in [6.45, 7) is 4.29. The molecular formula is C18H18N2. The molecule has 0 bridgehead atoms. The van der Waals surface area contributed by atoms with Gasteiger partial charge in [0, 0.05) is 25.0 Å². The topological polar surface area (TPSA) is 17.8 Å². The van der Waals surface area contributed by atoms with E-state index < -0.39 is 0 Å². The van der Waals surface area contributed by atoms with Crippen molar-refractivity contribution in [2.45, 2.75) is 13.8 Å². The molecule has 2 nitrogen and oxygen atoms in total. The summed E-state index contributed by atoms with van der Waals surface area (Å²) >= 11 is 0. The molecule has 0 saturated heterocycles. The van der Waals surface area contributed by atoms with E-state index in [4.69, 9.17) is 0 Å². The van der Waals surface area contributed by atoms with E-state index in [2.05, 4.69) is 65.9 Å². The third-order valence-corrected chi connectivity index (χ3v) is 3.74. The number of benzene rings is 2. The number of rotatable bonds is 2. The average molecular weight is 262 g/mol. The maximum atomic E-state index is 4.43. The Kier molecular flexibility index (Phi) is 3.15. The zero-order chi connectivity index (χ0) is 14.1. The lowest BCUT2D eigenvalue weighted by atomic mass is 9.96. The van der Waals surface area contributed by atoms with Crippen LogP contribution >= 0.6 is 0 Å². The highest BCUT2D eigenvalue weighted by Gasteiger charge is 2.08. The van der Waals surface area contributed by atoms with Gasteiger partial charge < -0.3 is 4.57 Å². The molecule has 0 aliphatic heterocycles. The van der Waals surface area contributed by atoms with Crippen molar-refractivity contribution in [3.05, 3.63) is 66.0 Å². The Morgan fingerprint density at radius 2 is 1.70 bits per heavy atom. The number of hydrogen-bond acceptors (Lipinski definition) is 1. The number of aromatic nitrogens is 2. The fraction of sp³-hybridized carbons (Fsp3) is 0.167. The van der Waals surface area contributed by atoms with Gasteiger partial charge in [0.05, 0.1) is 0 Å².